The lowest BCUT2D eigenvalue weighted by molar-refractivity contribution is 0.179. The maximum Gasteiger partial charge on any atom is 0.133 e. The lowest BCUT2D eigenvalue weighted by Crippen LogP contribution is -2.23. The third-order valence-corrected chi connectivity index (χ3v) is 4.12. The zero-order valence-corrected chi connectivity index (χ0v) is 12.6. The molecule has 0 N–H and O–H groups in total. The standard InChI is InChI=1S/C16H15N5O2/c1-16(4-6-22-10-16)15-11(9-23-21-15)13-7-18-14(8-17-13)12-3-2-5-19-20-12/h2-3,5,7-9H,4,6,10H2,1H3. The second kappa shape index (κ2) is 5.51. The summed E-state index contributed by atoms with van der Waals surface area (Å²) in [4.78, 5) is 8.92. The van der Waals surface area contributed by atoms with Crippen LogP contribution in [0, 0.1) is 0 Å². The molecule has 7 nitrogen and oxygen atoms in total. The molecule has 1 aliphatic rings. The molecule has 7 heteroatoms. The van der Waals surface area contributed by atoms with Gasteiger partial charge in [-0.2, -0.15) is 5.10 Å². The van der Waals surface area contributed by atoms with E-state index in [1.54, 1.807) is 24.9 Å². The Balaban J connectivity index is 1.69. The molecule has 1 fully saturated rings. The fraction of sp³-hybridized carbons (Fsp3) is 0.312. The van der Waals surface area contributed by atoms with Gasteiger partial charge < -0.3 is 9.26 Å². The first-order valence-corrected chi connectivity index (χ1v) is 7.39. The Morgan fingerprint density at radius 3 is 2.70 bits per heavy atom. The molecule has 4 rings (SSSR count). The molecule has 0 amide bonds. The van der Waals surface area contributed by atoms with Crippen molar-refractivity contribution in [2.24, 2.45) is 0 Å². The molecule has 0 radical (unpaired) electrons. The Morgan fingerprint density at radius 1 is 1.13 bits per heavy atom. The molecule has 1 saturated heterocycles. The first-order chi connectivity index (χ1) is 11.3. The van der Waals surface area contributed by atoms with E-state index in [-0.39, 0.29) is 5.41 Å². The summed E-state index contributed by atoms with van der Waals surface area (Å²) in [6.45, 7) is 3.50. The van der Waals surface area contributed by atoms with Gasteiger partial charge in [0.2, 0.25) is 0 Å². The summed E-state index contributed by atoms with van der Waals surface area (Å²) in [5.41, 5.74) is 3.67. The summed E-state index contributed by atoms with van der Waals surface area (Å²) in [5.74, 6) is 0. The van der Waals surface area contributed by atoms with Gasteiger partial charge in [-0.1, -0.05) is 12.1 Å². The van der Waals surface area contributed by atoms with E-state index in [2.05, 4.69) is 32.2 Å². The Bertz CT molecular complexity index is 795. The molecular formula is C16H15N5O2. The first-order valence-electron chi connectivity index (χ1n) is 7.39. The predicted octanol–water partition coefficient (Wildman–Crippen LogP) is 2.27. The third kappa shape index (κ3) is 2.49. The highest BCUT2D eigenvalue weighted by Crippen LogP contribution is 2.37. The van der Waals surface area contributed by atoms with Gasteiger partial charge in [-0.15, -0.1) is 5.10 Å². The van der Waals surface area contributed by atoms with Gasteiger partial charge >= 0.3 is 0 Å². The zero-order chi connectivity index (χ0) is 15.7. The van der Waals surface area contributed by atoms with Gasteiger partial charge in [0.05, 0.1) is 30.3 Å². The fourth-order valence-corrected chi connectivity index (χ4v) is 2.75. The van der Waals surface area contributed by atoms with Crippen LogP contribution in [0.2, 0.25) is 0 Å². The largest absolute Gasteiger partial charge is 0.380 e. The molecule has 0 bridgehead atoms. The summed E-state index contributed by atoms with van der Waals surface area (Å²) in [7, 11) is 0. The van der Waals surface area contributed by atoms with Crippen molar-refractivity contribution in [1.82, 2.24) is 25.3 Å². The van der Waals surface area contributed by atoms with E-state index >= 15 is 0 Å². The highest BCUT2D eigenvalue weighted by Gasteiger charge is 2.37. The summed E-state index contributed by atoms with van der Waals surface area (Å²) in [6, 6.07) is 3.66. The summed E-state index contributed by atoms with van der Waals surface area (Å²) in [6.07, 6.45) is 7.55. The van der Waals surface area contributed by atoms with Crippen LogP contribution in [0.1, 0.15) is 19.0 Å². The van der Waals surface area contributed by atoms with E-state index in [0.717, 1.165) is 30.0 Å². The molecule has 1 atom stereocenters. The molecule has 23 heavy (non-hydrogen) atoms. The lowest BCUT2D eigenvalue weighted by atomic mass is 9.83. The molecule has 116 valence electrons. The second-order valence-corrected chi connectivity index (χ2v) is 5.84. The predicted molar refractivity (Wildman–Crippen MR) is 81.3 cm³/mol. The number of aromatic nitrogens is 5. The maximum absolute atomic E-state index is 5.52. The minimum Gasteiger partial charge on any atom is -0.380 e. The van der Waals surface area contributed by atoms with Crippen LogP contribution in [-0.2, 0) is 10.2 Å². The molecule has 0 aromatic carbocycles. The van der Waals surface area contributed by atoms with Gasteiger partial charge in [-0.3, -0.25) is 9.97 Å². The highest BCUT2D eigenvalue weighted by atomic mass is 16.5. The number of rotatable bonds is 3. The van der Waals surface area contributed by atoms with Crippen LogP contribution in [0.4, 0.5) is 0 Å². The number of nitrogens with zero attached hydrogens (tertiary/aromatic N) is 5. The van der Waals surface area contributed by atoms with Gasteiger partial charge in [0, 0.05) is 18.2 Å². The van der Waals surface area contributed by atoms with Gasteiger partial charge in [0.1, 0.15) is 23.3 Å². The van der Waals surface area contributed by atoms with Crippen LogP contribution in [0.5, 0.6) is 0 Å². The smallest absolute Gasteiger partial charge is 0.133 e. The van der Waals surface area contributed by atoms with Gasteiger partial charge in [-0.05, 0) is 18.6 Å². The molecule has 1 aliphatic heterocycles. The molecule has 0 saturated carbocycles. The minimum atomic E-state index is -0.145. The lowest BCUT2D eigenvalue weighted by Gasteiger charge is -2.19. The second-order valence-electron chi connectivity index (χ2n) is 5.84. The SMILES string of the molecule is CC1(c2nocc2-c2cnc(-c3cccnn3)cn2)CCOC1. The Kier molecular flexibility index (Phi) is 3.34. The minimum absolute atomic E-state index is 0.145. The number of hydrogen-bond acceptors (Lipinski definition) is 7. The zero-order valence-electron chi connectivity index (χ0n) is 12.6. The molecule has 4 heterocycles. The molecule has 0 spiro atoms. The third-order valence-electron chi connectivity index (χ3n) is 4.12. The fourth-order valence-electron chi connectivity index (χ4n) is 2.75. The van der Waals surface area contributed by atoms with Crippen molar-refractivity contribution in [3.05, 3.63) is 42.7 Å². The molecule has 3 aromatic rings. The van der Waals surface area contributed by atoms with E-state index in [1.807, 2.05) is 12.1 Å². The van der Waals surface area contributed by atoms with Gasteiger partial charge in [-0.25, -0.2) is 0 Å². The van der Waals surface area contributed by atoms with Crippen molar-refractivity contribution >= 4 is 0 Å². The van der Waals surface area contributed by atoms with Gasteiger partial charge in [0.25, 0.3) is 0 Å². The van der Waals surface area contributed by atoms with Crippen molar-refractivity contribution in [2.45, 2.75) is 18.8 Å². The molecule has 0 aliphatic carbocycles. The van der Waals surface area contributed by atoms with E-state index in [1.165, 1.54) is 0 Å². The number of ether oxygens (including phenoxy) is 1. The van der Waals surface area contributed by atoms with Crippen LogP contribution in [-0.4, -0.2) is 38.5 Å². The summed E-state index contributed by atoms with van der Waals surface area (Å²) in [5, 5.41) is 12.1. The van der Waals surface area contributed by atoms with Crippen molar-refractivity contribution in [1.29, 1.82) is 0 Å². The first kappa shape index (κ1) is 14.0. The normalized spacial score (nSPS) is 20.7. The Labute approximate surface area is 132 Å². The van der Waals surface area contributed by atoms with E-state index in [9.17, 15) is 0 Å². The number of hydrogen-bond donors (Lipinski definition) is 0. The summed E-state index contributed by atoms with van der Waals surface area (Å²) >= 11 is 0. The van der Waals surface area contributed by atoms with Crippen molar-refractivity contribution in [2.75, 3.05) is 13.2 Å². The van der Waals surface area contributed by atoms with E-state index in [0.29, 0.717) is 18.0 Å². The summed E-state index contributed by atoms with van der Waals surface area (Å²) < 4.78 is 10.7. The van der Waals surface area contributed by atoms with Gasteiger partial charge in [0.15, 0.2) is 0 Å². The quantitative estimate of drug-likeness (QED) is 0.733. The topological polar surface area (TPSA) is 86.8 Å². The monoisotopic (exact) mass is 309 g/mol. The average Bonchev–Trinajstić information content (AvgIpc) is 3.26. The van der Waals surface area contributed by atoms with E-state index in [4.69, 9.17) is 9.26 Å². The van der Waals surface area contributed by atoms with Crippen molar-refractivity contribution in [3.63, 3.8) is 0 Å². The van der Waals surface area contributed by atoms with Crippen LogP contribution < -0.4 is 0 Å². The van der Waals surface area contributed by atoms with Crippen LogP contribution in [0.3, 0.4) is 0 Å². The van der Waals surface area contributed by atoms with Crippen molar-refractivity contribution < 1.29 is 9.26 Å². The molecule has 3 aromatic heterocycles. The van der Waals surface area contributed by atoms with Crippen LogP contribution in [0.15, 0.2) is 41.5 Å². The van der Waals surface area contributed by atoms with Crippen molar-refractivity contribution in [3.8, 4) is 22.6 Å². The Morgan fingerprint density at radius 2 is 2.00 bits per heavy atom. The average molecular weight is 309 g/mol. The van der Waals surface area contributed by atoms with Crippen LogP contribution >= 0.6 is 0 Å². The molecule has 1 unspecified atom stereocenters. The molecular weight excluding hydrogens is 294 g/mol. The Hall–Kier alpha value is -2.67. The highest BCUT2D eigenvalue weighted by molar-refractivity contribution is 5.63. The maximum atomic E-state index is 5.52. The van der Waals surface area contributed by atoms with Crippen LogP contribution in [0.25, 0.3) is 22.6 Å². The van der Waals surface area contributed by atoms with E-state index < -0.39 is 0 Å².